The van der Waals surface area contributed by atoms with Crippen LogP contribution < -0.4 is 5.43 Å². The molecule has 0 fully saturated rings. The van der Waals surface area contributed by atoms with Gasteiger partial charge in [-0.2, -0.15) is 0 Å². The number of fused-ring (bicyclic) bond motifs is 1. The highest BCUT2D eigenvalue weighted by Crippen LogP contribution is 2.31. The van der Waals surface area contributed by atoms with E-state index in [-0.39, 0.29) is 10.8 Å². The molecule has 0 N–H and O–H groups in total. The zero-order valence-corrected chi connectivity index (χ0v) is 10.9. The molecular weight excluding hydrogens is 216 g/mol. The predicted molar refractivity (Wildman–Crippen MR) is 71.5 cm³/mol. The molecule has 1 nitrogen and oxygen atoms in total. The van der Waals surface area contributed by atoms with Gasteiger partial charge in [0.05, 0.1) is 0 Å². The molecule has 84 valence electrons. The topological polar surface area (TPSA) is 17.1 Å². The molecule has 0 aliphatic heterocycles. The lowest BCUT2D eigenvalue weighted by molar-refractivity contribution is 0.599. The van der Waals surface area contributed by atoms with Crippen LogP contribution in [0.3, 0.4) is 0 Å². The van der Waals surface area contributed by atoms with Gasteiger partial charge in [0.2, 0.25) is 0 Å². The molecule has 0 atom stereocenters. The fourth-order valence-corrected chi connectivity index (χ4v) is 3.14. The van der Waals surface area contributed by atoms with Crippen molar-refractivity contribution in [3.8, 4) is 0 Å². The summed E-state index contributed by atoms with van der Waals surface area (Å²) in [6, 6.07) is 7.84. The van der Waals surface area contributed by atoms with Crippen molar-refractivity contribution in [2.45, 2.75) is 33.1 Å². The Morgan fingerprint density at radius 2 is 1.75 bits per heavy atom. The maximum atomic E-state index is 12.2. The molecule has 2 heteroatoms. The summed E-state index contributed by atoms with van der Waals surface area (Å²) in [7, 11) is 0. The third-order valence-corrected chi connectivity index (χ3v) is 4.40. The van der Waals surface area contributed by atoms with Gasteiger partial charge in [-0.05, 0) is 24.5 Å². The van der Waals surface area contributed by atoms with Gasteiger partial charge in [0, 0.05) is 20.5 Å². The molecule has 2 rings (SSSR count). The molecule has 0 spiro atoms. The van der Waals surface area contributed by atoms with E-state index in [4.69, 9.17) is 0 Å². The second-order valence-corrected chi connectivity index (χ2v) is 6.18. The van der Waals surface area contributed by atoms with Crippen LogP contribution in [-0.2, 0) is 5.41 Å². The summed E-state index contributed by atoms with van der Waals surface area (Å²) >= 11 is 1.73. The maximum Gasteiger partial charge on any atom is 0.191 e. The van der Waals surface area contributed by atoms with Crippen molar-refractivity contribution >= 4 is 21.4 Å². The average Bonchev–Trinajstić information content (AvgIpc) is 2.22. The Hall–Kier alpha value is -1.15. The zero-order chi connectivity index (χ0) is 11.9. The van der Waals surface area contributed by atoms with Crippen LogP contribution in [0.2, 0.25) is 0 Å². The van der Waals surface area contributed by atoms with Crippen LogP contribution in [0, 0.1) is 6.92 Å². The highest BCUT2D eigenvalue weighted by atomic mass is 32.1. The van der Waals surface area contributed by atoms with Gasteiger partial charge in [-0.25, -0.2) is 0 Å². The molecular formula is C14H16OS. The summed E-state index contributed by atoms with van der Waals surface area (Å²) in [5, 5.41) is 0.845. The minimum atomic E-state index is 0.0396. The van der Waals surface area contributed by atoms with Gasteiger partial charge in [-0.15, -0.1) is 11.3 Å². The minimum Gasteiger partial charge on any atom is -0.289 e. The van der Waals surface area contributed by atoms with Gasteiger partial charge >= 0.3 is 0 Å². The molecule has 0 aliphatic carbocycles. The lowest BCUT2D eigenvalue weighted by Gasteiger charge is -2.20. The SMILES string of the molecule is Cc1c(C(C)(C)C)sc2ccccc2c1=O. The first kappa shape index (κ1) is 11.3. The fourth-order valence-electron chi connectivity index (χ4n) is 1.95. The number of hydrogen-bond acceptors (Lipinski definition) is 2. The van der Waals surface area contributed by atoms with E-state index in [1.54, 1.807) is 11.3 Å². The molecule has 0 bridgehead atoms. The molecule has 1 aromatic carbocycles. The number of rotatable bonds is 0. The van der Waals surface area contributed by atoms with Crippen LogP contribution in [0.4, 0.5) is 0 Å². The molecule has 2 aromatic rings. The van der Waals surface area contributed by atoms with Gasteiger partial charge in [0.25, 0.3) is 0 Å². The highest BCUT2D eigenvalue weighted by Gasteiger charge is 2.20. The Bertz CT molecular complexity index is 588. The van der Waals surface area contributed by atoms with Crippen LogP contribution in [0.15, 0.2) is 29.1 Å². The summed E-state index contributed by atoms with van der Waals surface area (Å²) < 4.78 is 1.09. The third kappa shape index (κ3) is 1.78. The largest absolute Gasteiger partial charge is 0.289 e. The Labute approximate surface area is 99.8 Å². The van der Waals surface area contributed by atoms with E-state index in [2.05, 4.69) is 20.8 Å². The smallest absolute Gasteiger partial charge is 0.191 e. The summed E-state index contributed by atoms with van der Waals surface area (Å²) in [6.45, 7) is 8.39. The van der Waals surface area contributed by atoms with E-state index in [1.165, 1.54) is 4.88 Å². The van der Waals surface area contributed by atoms with Crippen molar-refractivity contribution in [3.63, 3.8) is 0 Å². The van der Waals surface area contributed by atoms with Crippen molar-refractivity contribution in [2.24, 2.45) is 0 Å². The van der Waals surface area contributed by atoms with Crippen molar-refractivity contribution < 1.29 is 0 Å². The van der Waals surface area contributed by atoms with Crippen LogP contribution in [0.25, 0.3) is 10.1 Å². The summed E-state index contributed by atoms with van der Waals surface area (Å²) in [4.78, 5) is 13.4. The summed E-state index contributed by atoms with van der Waals surface area (Å²) in [5.41, 5.74) is 1.12. The normalized spacial score (nSPS) is 12.0. The van der Waals surface area contributed by atoms with Gasteiger partial charge < -0.3 is 0 Å². The first-order valence-electron chi connectivity index (χ1n) is 5.44. The quantitative estimate of drug-likeness (QED) is 0.674. The minimum absolute atomic E-state index is 0.0396. The lowest BCUT2D eigenvalue weighted by atomic mass is 9.91. The molecule has 1 heterocycles. The first-order valence-corrected chi connectivity index (χ1v) is 6.26. The fraction of sp³-hybridized carbons (Fsp3) is 0.357. The molecule has 0 radical (unpaired) electrons. The second-order valence-electron chi connectivity index (χ2n) is 5.13. The third-order valence-electron chi connectivity index (χ3n) is 2.71. The predicted octanol–water partition coefficient (Wildman–Crippen LogP) is 3.87. The van der Waals surface area contributed by atoms with E-state index in [9.17, 15) is 4.79 Å². The van der Waals surface area contributed by atoms with Crippen molar-refractivity contribution in [3.05, 3.63) is 44.9 Å². The molecule has 0 saturated heterocycles. The monoisotopic (exact) mass is 232 g/mol. The van der Waals surface area contributed by atoms with E-state index in [1.807, 2.05) is 31.2 Å². The Balaban J connectivity index is 2.90. The van der Waals surface area contributed by atoms with Gasteiger partial charge in [0.1, 0.15) is 0 Å². The van der Waals surface area contributed by atoms with Crippen LogP contribution in [0.5, 0.6) is 0 Å². The highest BCUT2D eigenvalue weighted by molar-refractivity contribution is 7.18. The summed E-state index contributed by atoms with van der Waals surface area (Å²) in [6.07, 6.45) is 0. The molecule has 1 aromatic heterocycles. The molecule has 0 aliphatic rings. The molecule has 0 unspecified atom stereocenters. The van der Waals surface area contributed by atoms with E-state index >= 15 is 0 Å². The second kappa shape index (κ2) is 3.70. The van der Waals surface area contributed by atoms with Crippen LogP contribution in [-0.4, -0.2) is 0 Å². The number of benzene rings is 1. The zero-order valence-electron chi connectivity index (χ0n) is 10.1. The maximum absolute atomic E-state index is 12.2. The van der Waals surface area contributed by atoms with E-state index in [0.717, 1.165) is 15.6 Å². The van der Waals surface area contributed by atoms with Crippen molar-refractivity contribution in [1.82, 2.24) is 0 Å². The van der Waals surface area contributed by atoms with E-state index in [0.29, 0.717) is 0 Å². The Morgan fingerprint density at radius 1 is 1.12 bits per heavy atom. The molecule has 0 saturated carbocycles. The standard InChI is InChI=1S/C14H16OS/c1-9-12(15)10-7-5-6-8-11(10)16-13(9)14(2,3)4/h5-8H,1-4H3. The lowest BCUT2D eigenvalue weighted by Crippen LogP contribution is -2.17. The van der Waals surface area contributed by atoms with E-state index < -0.39 is 0 Å². The Kier molecular flexibility index (Phi) is 2.62. The molecule has 16 heavy (non-hydrogen) atoms. The molecule has 0 amide bonds. The first-order chi connectivity index (χ1) is 7.41. The van der Waals surface area contributed by atoms with Gasteiger partial charge in [0.15, 0.2) is 5.43 Å². The Morgan fingerprint density at radius 3 is 2.38 bits per heavy atom. The van der Waals surface area contributed by atoms with Crippen LogP contribution >= 0.6 is 11.3 Å². The van der Waals surface area contributed by atoms with Crippen molar-refractivity contribution in [1.29, 1.82) is 0 Å². The van der Waals surface area contributed by atoms with Gasteiger partial charge in [-0.1, -0.05) is 32.9 Å². The number of hydrogen-bond donors (Lipinski definition) is 0. The van der Waals surface area contributed by atoms with Crippen molar-refractivity contribution in [2.75, 3.05) is 0 Å². The van der Waals surface area contributed by atoms with Crippen LogP contribution in [0.1, 0.15) is 31.2 Å². The summed E-state index contributed by atoms with van der Waals surface area (Å²) in [5.74, 6) is 0. The van der Waals surface area contributed by atoms with Gasteiger partial charge in [-0.3, -0.25) is 4.79 Å². The average molecular weight is 232 g/mol.